The fourth-order valence-corrected chi connectivity index (χ4v) is 2.32. The summed E-state index contributed by atoms with van der Waals surface area (Å²) in [6.45, 7) is 0. The maximum atomic E-state index is 10.9. The van der Waals surface area contributed by atoms with Crippen LogP contribution in [0.25, 0.3) is 0 Å². The molecule has 0 aliphatic carbocycles. The van der Waals surface area contributed by atoms with Crippen LogP contribution in [0.3, 0.4) is 0 Å². The molecule has 72 valence electrons. The zero-order valence-electron chi connectivity index (χ0n) is 7.32. The maximum absolute atomic E-state index is 10.9. The van der Waals surface area contributed by atoms with Gasteiger partial charge < -0.3 is 5.11 Å². The molecular formula is C8H10BrNO2S. The average molecular weight is 264 g/mol. The number of carboxylic acids is 1. The van der Waals surface area contributed by atoms with Gasteiger partial charge in [-0.2, -0.15) is 0 Å². The van der Waals surface area contributed by atoms with Crippen LogP contribution < -0.4 is 0 Å². The van der Waals surface area contributed by atoms with E-state index in [4.69, 9.17) is 5.11 Å². The smallest absolute Gasteiger partial charge is 0.325 e. The summed E-state index contributed by atoms with van der Waals surface area (Å²) in [5, 5.41) is 10.8. The molecule has 0 aromatic carbocycles. The van der Waals surface area contributed by atoms with E-state index in [2.05, 4.69) is 15.9 Å². The monoisotopic (exact) mass is 263 g/mol. The van der Waals surface area contributed by atoms with E-state index >= 15 is 0 Å². The van der Waals surface area contributed by atoms with Crippen molar-refractivity contribution in [1.29, 1.82) is 0 Å². The number of likely N-dealkylation sites (N-methyl/N-ethyl adjacent to an activating group) is 1. The second-order valence-corrected chi connectivity index (χ2v) is 5.18. The fourth-order valence-electron chi connectivity index (χ4n) is 1.13. The lowest BCUT2D eigenvalue weighted by atomic mass is 10.1. The highest BCUT2D eigenvalue weighted by Crippen LogP contribution is 2.27. The molecule has 1 rings (SSSR count). The highest BCUT2D eigenvalue weighted by Gasteiger charge is 2.22. The number of aliphatic carboxylic acids is 1. The topological polar surface area (TPSA) is 40.5 Å². The molecule has 0 aliphatic heterocycles. The lowest BCUT2D eigenvalue weighted by Crippen LogP contribution is -2.26. The second-order valence-electron chi connectivity index (χ2n) is 2.89. The SMILES string of the molecule is CN(C)C(C(=O)O)c1csc(Br)c1. The Kier molecular flexibility index (Phi) is 3.47. The van der Waals surface area contributed by atoms with Gasteiger partial charge in [0.25, 0.3) is 0 Å². The molecule has 5 heteroatoms. The minimum atomic E-state index is -0.824. The van der Waals surface area contributed by atoms with Crippen molar-refractivity contribution >= 4 is 33.2 Å². The first kappa shape index (κ1) is 10.7. The Labute approximate surface area is 89.1 Å². The van der Waals surface area contributed by atoms with Crippen LogP contribution in [0.5, 0.6) is 0 Å². The van der Waals surface area contributed by atoms with Gasteiger partial charge >= 0.3 is 5.97 Å². The van der Waals surface area contributed by atoms with Crippen LogP contribution in [0.15, 0.2) is 15.2 Å². The summed E-state index contributed by atoms with van der Waals surface area (Å²) in [6.07, 6.45) is 0. The van der Waals surface area contributed by atoms with Crippen LogP contribution >= 0.6 is 27.3 Å². The molecule has 1 N–H and O–H groups in total. The summed E-state index contributed by atoms with van der Waals surface area (Å²) in [6, 6.07) is 1.28. The van der Waals surface area contributed by atoms with Gasteiger partial charge in [-0.1, -0.05) is 0 Å². The molecule has 0 spiro atoms. The van der Waals surface area contributed by atoms with E-state index < -0.39 is 12.0 Å². The van der Waals surface area contributed by atoms with E-state index in [0.29, 0.717) is 0 Å². The number of thiophene rings is 1. The standard InChI is InChI=1S/C8H10BrNO2S/c1-10(2)7(8(11)12)5-3-6(9)13-4-5/h3-4,7H,1-2H3,(H,11,12). The Morgan fingerprint density at radius 1 is 1.69 bits per heavy atom. The average Bonchev–Trinajstić information content (AvgIpc) is 2.34. The van der Waals surface area contributed by atoms with E-state index in [1.165, 1.54) is 11.3 Å². The molecule has 0 aliphatic rings. The number of carboxylic acid groups (broad SMARTS) is 1. The lowest BCUT2D eigenvalue weighted by Gasteiger charge is -2.18. The number of nitrogens with zero attached hydrogens (tertiary/aromatic N) is 1. The van der Waals surface area contributed by atoms with Gasteiger partial charge in [0.05, 0.1) is 3.79 Å². The van der Waals surface area contributed by atoms with E-state index in [1.807, 2.05) is 11.4 Å². The molecule has 0 amide bonds. The fraction of sp³-hybridized carbons (Fsp3) is 0.375. The number of hydrogen-bond acceptors (Lipinski definition) is 3. The van der Waals surface area contributed by atoms with Crippen molar-refractivity contribution in [3.05, 3.63) is 20.8 Å². The number of halogens is 1. The number of rotatable bonds is 3. The molecule has 13 heavy (non-hydrogen) atoms. The summed E-state index contributed by atoms with van der Waals surface area (Å²) in [5.74, 6) is -0.824. The Morgan fingerprint density at radius 3 is 2.62 bits per heavy atom. The molecule has 3 nitrogen and oxygen atoms in total. The normalized spacial score (nSPS) is 13.2. The largest absolute Gasteiger partial charge is 0.480 e. The molecule has 1 heterocycles. The quantitative estimate of drug-likeness (QED) is 0.909. The molecule has 1 unspecified atom stereocenters. The molecule has 0 saturated heterocycles. The highest BCUT2D eigenvalue weighted by atomic mass is 79.9. The van der Waals surface area contributed by atoms with Gasteiger partial charge in [-0.3, -0.25) is 9.69 Å². The van der Waals surface area contributed by atoms with Crippen LogP contribution in [0.4, 0.5) is 0 Å². The van der Waals surface area contributed by atoms with Crippen LogP contribution in [0.1, 0.15) is 11.6 Å². The van der Waals surface area contributed by atoms with E-state index in [0.717, 1.165) is 9.35 Å². The molecule has 1 aromatic heterocycles. The van der Waals surface area contributed by atoms with Crippen LogP contribution in [0, 0.1) is 0 Å². The predicted molar refractivity (Wildman–Crippen MR) is 56.1 cm³/mol. The van der Waals surface area contributed by atoms with E-state index in [-0.39, 0.29) is 0 Å². The number of hydrogen-bond donors (Lipinski definition) is 1. The van der Waals surface area contributed by atoms with Crippen molar-refractivity contribution in [3.8, 4) is 0 Å². The summed E-state index contributed by atoms with van der Waals surface area (Å²) >= 11 is 4.80. The van der Waals surface area contributed by atoms with Crippen molar-refractivity contribution in [2.45, 2.75) is 6.04 Å². The molecule has 0 fully saturated rings. The van der Waals surface area contributed by atoms with Gasteiger partial charge in [0.15, 0.2) is 0 Å². The van der Waals surface area contributed by atoms with Gasteiger partial charge in [-0.15, -0.1) is 11.3 Å². The van der Waals surface area contributed by atoms with Crippen molar-refractivity contribution in [2.24, 2.45) is 0 Å². The minimum absolute atomic E-state index is 0.553. The minimum Gasteiger partial charge on any atom is -0.480 e. The first-order chi connectivity index (χ1) is 6.02. The van der Waals surface area contributed by atoms with E-state index in [1.54, 1.807) is 19.0 Å². The Hall–Kier alpha value is -0.390. The van der Waals surface area contributed by atoms with Gasteiger partial charge in [-0.25, -0.2) is 0 Å². The second kappa shape index (κ2) is 4.21. The van der Waals surface area contributed by atoms with Crippen LogP contribution in [-0.4, -0.2) is 30.1 Å². The van der Waals surface area contributed by atoms with Crippen molar-refractivity contribution in [3.63, 3.8) is 0 Å². The van der Waals surface area contributed by atoms with Gasteiger partial charge in [-0.05, 0) is 47.0 Å². The summed E-state index contributed by atoms with van der Waals surface area (Å²) in [4.78, 5) is 12.6. The zero-order valence-corrected chi connectivity index (χ0v) is 9.72. The highest BCUT2D eigenvalue weighted by molar-refractivity contribution is 9.11. The first-order valence-electron chi connectivity index (χ1n) is 3.65. The summed E-state index contributed by atoms with van der Waals surface area (Å²) in [5.41, 5.74) is 0.814. The van der Waals surface area contributed by atoms with E-state index in [9.17, 15) is 4.79 Å². The third-order valence-electron chi connectivity index (χ3n) is 1.65. The van der Waals surface area contributed by atoms with Crippen molar-refractivity contribution in [1.82, 2.24) is 4.90 Å². The maximum Gasteiger partial charge on any atom is 0.325 e. The van der Waals surface area contributed by atoms with Gasteiger partial charge in [0.1, 0.15) is 6.04 Å². The molecular weight excluding hydrogens is 254 g/mol. The van der Waals surface area contributed by atoms with Gasteiger partial charge in [0, 0.05) is 0 Å². The molecule has 1 atom stereocenters. The van der Waals surface area contributed by atoms with Crippen molar-refractivity contribution < 1.29 is 9.90 Å². The zero-order chi connectivity index (χ0) is 10.0. The molecule has 0 radical (unpaired) electrons. The van der Waals surface area contributed by atoms with Crippen LogP contribution in [-0.2, 0) is 4.79 Å². The molecule has 0 saturated carbocycles. The first-order valence-corrected chi connectivity index (χ1v) is 5.33. The predicted octanol–water partition coefficient (Wildman–Crippen LogP) is 2.20. The lowest BCUT2D eigenvalue weighted by molar-refractivity contribution is -0.142. The summed E-state index contributed by atoms with van der Waals surface area (Å²) < 4.78 is 0.954. The molecule has 0 bridgehead atoms. The third-order valence-corrected chi connectivity index (χ3v) is 3.18. The Morgan fingerprint density at radius 2 is 2.31 bits per heavy atom. The Bertz CT molecular complexity index is 311. The third kappa shape index (κ3) is 2.52. The Balaban J connectivity index is 2.95. The molecule has 1 aromatic rings. The van der Waals surface area contributed by atoms with Gasteiger partial charge in [0.2, 0.25) is 0 Å². The van der Waals surface area contributed by atoms with Crippen molar-refractivity contribution in [2.75, 3.05) is 14.1 Å². The number of carbonyl (C=O) groups is 1. The van der Waals surface area contributed by atoms with Crippen LogP contribution in [0.2, 0.25) is 0 Å². The summed E-state index contributed by atoms with van der Waals surface area (Å²) in [7, 11) is 3.51.